The molecule has 0 spiro atoms. The molecule has 0 amide bonds. The third-order valence-corrected chi connectivity index (χ3v) is 2.71. The average Bonchev–Trinajstić information content (AvgIpc) is 2.29. The quantitative estimate of drug-likeness (QED) is 0.694. The highest BCUT2D eigenvalue weighted by molar-refractivity contribution is 5.89. The van der Waals surface area contributed by atoms with Crippen molar-refractivity contribution in [3.63, 3.8) is 0 Å². The van der Waals surface area contributed by atoms with Crippen molar-refractivity contribution in [2.75, 3.05) is 0 Å². The highest BCUT2D eigenvalue weighted by atomic mass is 16.5. The predicted molar refractivity (Wildman–Crippen MR) is 70.0 cm³/mol. The smallest absolute Gasteiger partial charge is 0.338 e. The minimum Gasteiger partial charge on any atom is -0.459 e. The van der Waals surface area contributed by atoms with E-state index in [9.17, 15) is 4.79 Å². The van der Waals surface area contributed by atoms with Gasteiger partial charge in [-0.25, -0.2) is 4.79 Å². The fourth-order valence-corrected chi connectivity index (χ4v) is 1.70. The number of esters is 1. The van der Waals surface area contributed by atoms with Crippen LogP contribution in [0, 0.1) is 5.92 Å². The van der Waals surface area contributed by atoms with Crippen LogP contribution in [-0.2, 0) is 4.74 Å². The van der Waals surface area contributed by atoms with Crippen molar-refractivity contribution in [2.24, 2.45) is 5.92 Å². The van der Waals surface area contributed by atoms with E-state index in [1.54, 1.807) is 12.1 Å². The van der Waals surface area contributed by atoms with Crippen LogP contribution in [0.4, 0.5) is 0 Å². The van der Waals surface area contributed by atoms with Gasteiger partial charge in [0, 0.05) is 0 Å². The maximum Gasteiger partial charge on any atom is 0.338 e. The predicted octanol–water partition coefficient (Wildman–Crippen LogP) is 4.06. The van der Waals surface area contributed by atoms with Crippen LogP contribution in [0.3, 0.4) is 0 Å². The molecule has 0 saturated carbocycles. The van der Waals surface area contributed by atoms with Gasteiger partial charge in [-0.1, -0.05) is 38.5 Å². The molecular weight excluding hydrogens is 212 g/mol. The van der Waals surface area contributed by atoms with Crippen LogP contribution in [0.1, 0.15) is 50.4 Å². The molecule has 2 nitrogen and oxygen atoms in total. The molecule has 0 saturated heterocycles. The van der Waals surface area contributed by atoms with E-state index in [-0.39, 0.29) is 12.1 Å². The number of rotatable bonds is 6. The van der Waals surface area contributed by atoms with Crippen molar-refractivity contribution >= 4 is 5.97 Å². The van der Waals surface area contributed by atoms with Gasteiger partial charge in [-0.3, -0.25) is 0 Å². The van der Waals surface area contributed by atoms with Crippen LogP contribution in [0.25, 0.3) is 0 Å². The number of hydrogen-bond acceptors (Lipinski definition) is 2. The SMILES string of the molecule is CC(C)CCCC(C)OC(=O)c1ccccc1. The van der Waals surface area contributed by atoms with Gasteiger partial charge in [0.15, 0.2) is 0 Å². The van der Waals surface area contributed by atoms with Crippen LogP contribution < -0.4 is 0 Å². The van der Waals surface area contributed by atoms with Crippen LogP contribution in [0.15, 0.2) is 30.3 Å². The number of ether oxygens (including phenoxy) is 1. The van der Waals surface area contributed by atoms with Crippen molar-refractivity contribution in [1.82, 2.24) is 0 Å². The molecule has 1 aromatic rings. The molecule has 0 fully saturated rings. The second kappa shape index (κ2) is 7.10. The summed E-state index contributed by atoms with van der Waals surface area (Å²) in [5.41, 5.74) is 0.628. The Morgan fingerprint density at radius 1 is 1.12 bits per heavy atom. The maximum absolute atomic E-state index is 11.7. The van der Waals surface area contributed by atoms with Crippen LogP contribution in [0.2, 0.25) is 0 Å². The van der Waals surface area contributed by atoms with E-state index in [0.717, 1.165) is 12.8 Å². The van der Waals surface area contributed by atoms with Crippen LogP contribution in [-0.4, -0.2) is 12.1 Å². The van der Waals surface area contributed by atoms with E-state index in [0.29, 0.717) is 11.5 Å². The van der Waals surface area contributed by atoms with E-state index < -0.39 is 0 Å². The molecule has 1 unspecified atom stereocenters. The Morgan fingerprint density at radius 2 is 1.76 bits per heavy atom. The standard InChI is InChI=1S/C15H22O2/c1-12(2)8-7-9-13(3)17-15(16)14-10-5-4-6-11-14/h4-6,10-13H,7-9H2,1-3H3. The first-order valence-electron chi connectivity index (χ1n) is 6.35. The summed E-state index contributed by atoms with van der Waals surface area (Å²) < 4.78 is 5.38. The van der Waals surface area contributed by atoms with E-state index >= 15 is 0 Å². The molecule has 0 N–H and O–H groups in total. The highest BCUT2D eigenvalue weighted by Gasteiger charge is 2.11. The second-order valence-electron chi connectivity index (χ2n) is 4.91. The Morgan fingerprint density at radius 3 is 2.35 bits per heavy atom. The maximum atomic E-state index is 11.7. The van der Waals surface area contributed by atoms with E-state index in [2.05, 4.69) is 13.8 Å². The van der Waals surface area contributed by atoms with Crippen molar-refractivity contribution in [3.05, 3.63) is 35.9 Å². The van der Waals surface area contributed by atoms with Gasteiger partial charge in [0.05, 0.1) is 11.7 Å². The highest BCUT2D eigenvalue weighted by Crippen LogP contribution is 2.12. The van der Waals surface area contributed by atoms with Gasteiger partial charge in [-0.15, -0.1) is 0 Å². The van der Waals surface area contributed by atoms with E-state index in [1.807, 2.05) is 25.1 Å². The summed E-state index contributed by atoms with van der Waals surface area (Å²) in [5, 5.41) is 0. The molecule has 0 aliphatic heterocycles. The third-order valence-electron chi connectivity index (χ3n) is 2.71. The first-order valence-corrected chi connectivity index (χ1v) is 6.35. The van der Waals surface area contributed by atoms with Gasteiger partial charge in [-0.2, -0.15) is 0 Å². The molecule has 17 heavy (non-hydrogen) atoms. The number of carbonyl (C=O) groups is 1. The molecule has 0 heterocycles. The third kappa shape index (κ3) is 5.53. The van der Waals surface area contributed by atoms with Gasteiger partial charge in [0.25, 0.3) is 0 Å². The first kappa shape index (κ1) is 13.8. The molecule has 0 aromatic heterocycles. The first-order chi connectivity index (χ1) is 8.09. The molecule has 0 aliphatic rings. The molecule has 94 valence electrons. The van der Waals surface area contributed by atoms with E-state index in [4.69, 9.17) is 4.74 Å². The molecule has 1 aromatic carbocycles. The largest absolute Gasteiger partial charge is 0.459 e. The number of carbonyl (C=O) groups excluding carboxylic acids is 1. The van der Waals surface area contributed by atoms with Gasteiger partial charge in [0.2, 0.25) is 0 Å². The van der Waals surface area contributed by atoms with E-state index in [1.165, 1.54) is 6.42 Å². The van der Waals surface area contributed by atoms with Gasteiger partial charge >= 0.3 is 5.97 Å². The molecule has 0 bridgehead atoms. The summed E-state index contributed by atoms with van der Waals surface area (Å²) in [6.07, 6.45) is 3.24. The summed E-state index contributed by atoms with van der Waals surface area (Å²) >= 11 is 0. The summed E-state index contributed by atoms with van der Waals surface area (Å²) in [6.45, 7) is 6.38. The Kier molecular flexibility index (Phi) is 5.75. The lowest BCUT2D eigenvalue weighted by atomic mass is 10.0. The fraction of sp³-hybridized carbons (Fsp3) is 0.533. The Bertz CT molecular complexity index is 330. The molecule has 0 radical (unpaired) electrons. The molecule has 1 atom stereocenters. The molecule has 1 rings (SSSR count). The minimum absolute atomic E-state index is 0.00135. The van der Waals surface area contributed by atoms with Crippen molar-refractivity contribution in [2.45, 2.75) is 46.1 Å². The summed E-state index contributed by atoms with van der Waals surface area (Å²) in [6, 6.07) is 9.15. The zero-order valence-corrected chi connectivity index (χ0v) is 11.0. The normalized spacial score (nSPS) is 12.5. The molecule has 0 aliphatic carbocycles. The van der Waals surface area contributed by atoms with Crippen molar-refractivity contribution < 1.29 is 9.53 Å². The fourth-order valence-electron chi connectivity index (χ4n) is 1.70. The van der Waals surface area contributed by atoms with Crippen LogP contribution >= 0.6 is 0 Å². The monoisotopic (exact) mass is 234 g/mol. The lowest BCUT2D eigenvalue weighted by Crippen LogP contribution is -2.15. The Balaban J connectivity index is 2.31. The Hall–Kier alpha value is -1.31. The summed E-state index contributed by atoms with van der Waals surface area (Å²) in [4.78, 5) is 11.7. The Labute approximate surface area is 104 Å². The van der Waals surface area contributed by atoms with Crippen molar-refractivity contribution in [1.29, 1.82) is 0 Å². The van der Waals surface area contributed by atoms with Gasteiger partial charge in [-0.05, 0) is 37.8 Å². The average molecular weight is 234 g/mol. The zero-order chi connectivity index (χ0) is 12.7. The number of hydrogen-bond donors (Lipinski definition) is 0. The minimum atomic E-state index is -0.220. The topological polar surface area (TPSA) is 26.3 Å². The van der Waals surface area contributed by atoms with Crippen molar-refractivity contribution in [3.8, 4) is 0 Å². The number of benzene rings is 1. The summed E-state index contributed by atoms with van der Waals surface area (Å²) in [5.74, 6) is 0.495. The lowest BCUT2D eigenvalue weighted by Gasteiger charge is -2.13. The molecular formula is C15H22O2. The second-order valence-corrected chi connectivity index (χ2v) is 4.91. The zero-order valence-electron chi connectivity index (χ0n) is 11.0. The molecule has 2 heteroatoms. The lowest BCUT2D eigenvalue weighted by molar-refractivity contribution is 0.0318. The van der Waals surface area contributed by atoms with Gasteiger partial charge < -0.3 is 4.74 Å². The summed E-state index contributed by atoms with van der Waals surface area (Å²) in [7, 11) is 0. The van der Waals surface area contributed by atoms with Crippen LogP contribution in [0.5, 0.6) is 0 Å². The van der Waals surface area contributed by atoms with Gasteiger partial charge in [0.1, 0.15) is 0 Å².